The molecule has 2 amide bonds. The highest BCUT2D eigenvalue weighted by Gasteiger charge is 2.41. The number of aliphatic carboxylic acids is 1. The van der Waals surface area contributed by atoms with Crippen LogP contribution in [0.25, 0.3) is 0 Å². The number of hydrogen-bond acceptors (Lipinski definition) is 3. The van der Waals surface area contributed by atoms with E-state index in [0.29, 0.717) is 13.0 Å². The van der Waals surface area contributed by atoms with Gasteiger partial charge >= 0.3 is 5.97 Å². The Bertz CT molecular complexity index is 626. The molecule has 0 aliphatic carbocycles. The van der Waals surface area contributed by atoms with Gasteiger partial charge < -0.3 is 15.3 Å². The molecule has 2 N–H and O–H groups in total. The molecule has 0 spiro atoms. The zero-order valence-corrected chi connectivity index (χ0v) is 13.6. The molecule has 1 heterocycles. The Morgan fingerprint density at radius 2 is 1.96 bits per heavy atom. The van der Waals surface area contributed by atoms with Crippen molar-refractivity contribution in [3.63, 3.8) is 0 Å². The van der Waals surface area contributed by atoms with Crippen molar-refractivity contribution in [1.29, 1.82) is 0 Å². The first-order chi connectivity index (χ1) is 10.8. The van der Waals surface area contributed by atoms with Crippen LogP contribution in [-0.2, 0) is 14.4 Å². The zero-order chi connectivity index (χ0) is 17.2. The van der Waals surface area contributed by atoms with Crippen LogP contribution in [0.2, 0.25) is 0 Å². The van der Waals surface area contributed by atoms with Gasteiger partial charge in [0, 0.05) is 12.2 Å². The molecule has 23 heavy (non-hydrogen) atoms. The minimum atomic E-state index is -1.35. The number of benzene rings is 1. The van der Waals surface area contributed by atoms with Crippen LogP contribution in [0.4, 0.5) is 5.69 Å². The summed E-state index contributed by atoms with van der Waals surface area (Å²) in [4.78, 5) is 37.7. The van der Waals surface area contributed by atoms with Crippen LogP contribution in [0.1, 0.15) is 32.3 Å². The van der Waals surface area contributed by atoms with Crippen molar-refractivity contribution >= 4 is 23.5 Å². The van der Waals surface area contributed by atoms with E-state index in [1.165, 1.54) is 6.92 Å². The number of carbonyl (C=O) groups is 3. The third-order valence-corrected chi connectivity index (χ3v) is 4.45. The van der Waals surface area contributed by atoms with Crippen LogP contribution in [0, 0.1) is 12.8 Å². The molecular weight excluding hydrogens is 296 g/mol. The topological polar surface area (TPSA) is 86.7 Å². The molecule has 1 aliphatic rings. The fourth-order valence-corrected chi connectivity index (χ4v) is 2.56. The molecule has 1 aliphatic heterocycles. The second-order valence-electron chi connectivity index (χ2n) is 6.15. The molecule has 2 atom stereocenters. The molecule has 124 valence electrons. The average Bonchev–Trinajstić information content (AvgIpc) is 2.89. The smallest absolute Gasteiger partial charge is 0.329 e. The van der Waals surface area contributed by atoms with Crippen LogP contribution in [-0.4, -0.2) is 35.0 Å². The van der Waals surface area contributed by atoms with Crippen molar-refractivity contribution in [2.45, 2.75) is 39.2 Å². The number of anilines is 1. The van der Waals surface area contributed by atoms with E-state index in [-0.39, 0.29) is 12.3 Å². The Morgan fingerprint density at radius 3 is 2.48 bits per heavy atom. The van der Waals surface area contributed by atoms with Crippen LogP contribution in [0.15, 0.2) is 24.3 Å². The third-order valence-electron chi connectivity index (χ3n) is 4.45. The third kappa shape index (κ3) is 3.36. The van der Waals surface area contributed by atoms with Gasteiger partial charge in [-0.1, -0.05) is 24.6 Å². The van der Waals surface area contributed by atoms with E-state index in [1.807, 2.05) is 31.2 Å². The summed E-state index contributed by atoms with van der Waals surface area (Å²) >= 11 is 0. The monoisotopic (exact) mass is 318 g/mol. The van der Waals surface area contributed by atoms with Gasteiger partial charge in [-0.2, -0.15) is 0 Å². The number of carbonyl (C=O) groups excluding carboxylic acids is 2. The number of amides is 2. The van der Waals surface area contributed by atoms with Crippen molar-refractivity contribution < 1.29 is 19.5 Å². The summed E-state index contributed by atoms with van der Waals surface area (Å²) in [5, 5.41) is 11.7. The van der Waals surface area contributed by atoms with Gasteiger partial charge in [0.1, 0.15) is 11.5 Å². The number of rotatable bonds is 5. The van der Waals surface area contributed by atoms with Gasteiger partial charge in [-0.05, 0) is 38.8 Å². The minimum Gasteiger partial charge on any atom is -0.480 e. The summed E-state index contributed by atoms with van der Waals surface area (Å²) in [6.45, 7) is 5.55. The Morgan fingerprint density at radius 1 is 1.35 bits per heavy atom. The van der Waals surface area contributed by atoms with E-state index in [2.05, 4.69) is 5.32 Å². The lowest BCUT2D eigenvalue weighted by Crippen LogP contribution is -2.54. The van der Waals surface area contributed by atoms with Crippen LogP contribution in [0.5, 0.6) is 0 Å². The summed E-state index contributed by atoms with van der Waals surface area (Å²) in [5.41, 5.74) is 0.497. The van der Waals surface area contributed by atoms with Crippen molar-refractivity contribution in [1.82, 2.24) is 5.32 Å². The van der Waals surface area contributed by atoms with Crippen molar-refractivity contribution in [2.24, 2.45) is 5.92 Å². The van der Waals surface area contributed by atoms with Crippen molar-refractivity contribution in [2.75, 3.05) is 11.4 Å². The maximum absolute atomic E-state index is 12.5. The molecule has 0 aromatic heterocycles. The van der Waals surface area contributed by atoms with E-state index in [1.54, 1.807) is 11.8 Å². The molecule has 6 heteroatoms. The quantitative estimate of drug-likeness (QED) is 0.809. The zero-order valence-electron chi connectivity index (χ0n) is 13.6. The first-order valence-corrected chi connectivity index (χ1v) is 7.72. The lowest BCUT2D eigenvalue weighted by molar-refractivity contribution is -0.148. The van der Waals surface area contributed by atoms with Crippen molar-refractivity contribution in [3.8, 4) is 0 Å². The molecule has 2 unspecified atom stereocenters. The summed E-state index contributed by atoms with van der Waals surface area (Å²) in [6.07, 6.45) is 0.634. The van der Waals surface area contributed by atoms with E-state index in [9.17, 15) is 19.5 Å². The highest BCUT2D eigenvalue weighted by molar-refractivity contribution is 6.10. The maximum atomic E-state index is 12.5. The maximum Gasteiger partial charge on any atom is 0.329 e. The largest absolute Gasteiger partial charge is 0.480 e. The van der Waals surface area contributed by atoms with Gasteiger partial charge in [0.2, 0.25) is 11.8 Å². The van der Waals surface area contributed by atoms with Gasteiger partial charge in [-0.25, -0.2) is 4.79 Å². The molecule has 6 nitrogen and oxygen atoms in total. The lowest BCUT2D eigenvalue weighted by atomic mass is 9.97. The van der Waals surface area contributed by atoms with Crippen LogP contribution in [0.3, 0.4) is 0 Å². The van der Waals surface area contributed by atoms with E-state index < -0.39 is 23.3 Å². The minimum absolute atomic E-state index is 0.247. The molecule has 1 aromatic rings. The van der Waals surface area contributed by atoms with Crippen molar-refractivity contribution in [3.05, 3.63) is 29.8 Å². The lowest BCUT2D eigenvalue weighted by Gasteiger charge is -2.26. The number of aryl methyl sites for hydroxylation is 1. The SMILES string of the molecule is CCC(C)(NC(=O)C1CCN(c2ccc(C)cc2)C1=O)C(=O)O. The van der Waals surface area contributed by atoms with Gasteiger partial charge in [-0.15, -0.1) is 0 Å². The first kappa shape index (κ1) is 17.0. The number of nitrogens with one attached hydrogen (secondary N) is 1. The summed E-state index contributed by atoms with van der Waals surface area (Å²) in [5.74, 6) is -2.73. The number of carboxylic acid groups (broad SMARTS) is 1. The van der Waals surface area contributed by atoms with Gasteiger partial charge in [-0.3, -0.25) is 9.59 Å². The fourth-order valence-electron chi connectivity index (χ4n) is 2.56. The summed E-state index contributed by atoms with van der Waals surface area (Å²) in [7, 11) is 0. The number of hydrogen-bond donors (Lipinski definition) is 2. The Hall–Kier alpha value is -2.37. The number of carboxylic acids is 1. The summed E-state index contributed by atoms with van der Waals surface area (Å²) in [6, 6.07) is 7.52. The Balaban J connectivity index is 2.11. The second-order valence-corrected chi connectivity index (χ2v) is 6.15. The molecule has 1 fully saturated rings. The fraction of sp³-hybridized carbons (Fsp3) is 0.471. The predicted molar refractivity (Wildman–Crippen MR) is 86.1 cm³/mol. The molecule has 2 rings (SSSR count). The predicted octanol–water partition coefficient (Wildman–Crippen LogP) is 1.72. The van der Waals surface area contributed by atoms with Crippen LogP contribution < -0.4 is 10.2 Å². The summed E-state index contributed by atoms with van der Waals surface area (Å²) < 4.78 is 0. The molecule has 1 aromatic carbocycles. The highest BCUT2D eigenvalue weighted by Crippen LogP contribution is 2.26. The van der Waals surface area contributed by atoms with Gasteiger partial charge in [0.25, 0.3) is 0 Å². The van der Waals surface area contributed by atoms with E-state index in [0.717, 1.165) is 11.3 Å². The average molecular weight is 318 g/mol. The van der Waals surface area contributed by atoms with E-state index in [4.69, 9.17) is 0 Å². The van der Waals surface area contributed by atoms with Gasteiger partial charge in [0.15, 0.2) is 0 Å². The first-order valence-electron chi connectivity index (χ1n) is 7.72. The Kier molecular flexibility index (Phi) is 4.73. The molecule has 0 saturated carbocycles. The molecule has 1 saturated heterocycles. The second kappa shape index (κ2) is 6.40. The molecular formula is C17H22N2O4. The number of nitrogens with zero attached hydrogens (tertiary/aromatic N) is 1. The highest BCUT2D eigenvalue weighted by atomic mass is 16.4. The normalized spacial score (nSPS) is 20.2. The molecule has 0 bridgehead atoms. The molecule has 0 radical (unpaired) electrons. The van der Waals surface area contributed by atoms with E-state index >= 15 is 0 Å². The van der Waals surface area contributed by atoms with Crippen LogP contribution >= 0.6 is 0 Å². The van der Waals surface area contributed by atoms with Gasteiger partial charge in [0.05, 0.1) is 0 Å². The standard InChI is InChI=1S/C17H22N2O4/c1-4-17(3,16(22)23)18-14(20)13-9-10-19(15(13)21)12-7-5-11(2)6-8-12/h5-8,13H,4,9-10H2,1-3H3,(H,18,20)(H,22,23). The Labute approximate surface area is 135 Å².